The molecule has 1 amide bonds. The van der Waals surface area contributed by atoms with Gasteiger partial charge in [-0.05, 0) is 30.7 Å². The van der Waals surface area contributed by atoms with E-state index < -0.39 is 0 Å². The highest BCUT2D eigenvalue weighted by Gasteiger charge is 2.01. The van der Waals surface area contributed by atoms with Gasteiger partial charge in [-0.3, -0.25) is 4.79 Å². The second-order valence-electron chi connectivity index (χ2n) is 3.86. The Bertz CT molecular complexity index is 353. The number of ether oxygens (including phenoxy) is 1. The molecule has 4 nitrogen and oxygen atoms in total. The quantitative estimate of drug-likeness (QED) is 0.709. The molecule has 0 unspecified atom stereocenters. The lowest BCUT2D eigenvalue weighted by atomic mass is 10.2. The van der Waals surface area contributed by atoms with Crippen LogP contribution >= 0.6 is 0 Å². The van der Waals surface area contributed by atoms with Crippen LogP contribution in [0, 0.1) is 0 Å². The number of carbonyl (C=O) groups is 1. The molecule has 0 aliphatic carbocycles. The topological polar surface area (TPSA) is 50.4 Å². The normalized spacial score (nSPS) is 10.2. The summed E-state index contributed by atoms with van der Waals surface area (Å²) in [5, 5.41) is 6.10. The Balaban J connectivity index is 2.50. The van der Waals surface area contributed by atoms with E-state index in [9.17, 15) is 4.79 Å². The molecule has 0 atom stereocenters. The van der Waals surface area contributed by atoms with E-state index in [-0.39, 0.29) is 12.5 Å². The number of hydrogen-bond donors (Lipinski definition) is 2. The van der Waals surface area contributed by atoms with Crippen molar-refractivity contribution < 1.29 is 9.53 Å². The van der Waals surface area contributed by atoms with Crippen molar-refractivity contribution in [1.29, 1.82) is 0 Å². The highest BCUT2D eigenvalue weighted by Crippen LogP contribution is 2.10. The molecular weight excluding hydrogens is 216 g/mol. The van der Waals surface area contributed by atoms with Gasteiger partial charge in [0.25, 0.3) is 0 Å². The van der Waals surface area contributed by atoms with Crippen LogP contribution in [0.1, 0.15) is 18.9 Å². The van der Waals surface area contributed by atoms with Crippen LogP contribution in [0.15, 0.2) is 24.3 Å². The molecule has 0 aliphatic rings. The average molecular weight is 236 g/mol. The first-order valence-corrected chi connectivity index (χ1v) is 5.84. The second-order valence-corrected chi connectivity index (χ2v) is 3.86. The van der Waals surface area contributed by atoms with Gasteiger partial charge in [-0.1, -0.05) is 19.1 Å². The van der Waals surface area contributed by atoms with Crippen LogP contribution in [0.5, 0.6) is 0 Å². The first kappa shape index (κ1) is 13.7. The third kappa shape index (κ3) is 5.47. The third-order valence-corrected chi connectivity index (χ3v) is 2.24. The summed E-state index contributed by atoms with van der Waals surface area (Å²) in [5.41, 5.74) is 1.97. The minimum atomic E-state index is -0.133. The number of benzene rings is 1. The molecule has 0 heterocycles. The van der Waals surface area contributed by atoms with Crippen LogP contribution in [0.2, 0.25) is 0 Å². The van der Waals surface area contributed by atoms with Crippen molar-refractivity contribution in [3.8, 4) is 0 Å². The SMILES string of the molecule is CCCNCc1cccc(NC(=O)COC)c1. The van der Waals surface area contributed by atoms with E-state index in [1.54, 1.807) is 0 Å². The lowest BCUT2D eigenvalue weighted by Crippen LogP contribution is -2.17. The number of anilines is 1. The molecule has 17 heavy (non-hydrogen) atoms. The van der Waals surface area contributed by atoms with Crippen molar-refractivity contribution in [2.75, 3.05) is 25.6 Å². The summed E-state index contributed by atoms with van der Waals surface area (Å²) >= 11 is 0. The van der Waals surface area contributed by atoms with Gasteiger partial charge in [-0.2, -0.15) is 0 Å². The Kier molecular flexibility index (Phi) is 6.29. The van der Waals surface area contributed by atoms with Crippen molar-refractivity contribution >= 4 is 11.6 Å². The Labute approximate surface area is 102 Å². The maximum Gasteiger partial charge on any atom is 0.250 e. The van der Waals surface area contributed by atoms with E-state index in [2.05, 4.69) is 17.6 Å². The number of methoxy groups -OCH3 is 1. The lowest BCUT2D eigenvalue weighted by Gasteiger charge is -2.07. The molecule has 1 rings (SSSR count). The Morgan fingerprint density at radius 2 is 2.24 bits per heavy atom. The van der Waals surface area contributed by atoms with E-state index in [1.807, 2.05) is 24.3 Å². The van der Waals surface area contributed by atoms with Crippen LogP contribution in [-0.2, 0) is 16.1 Å². The van der Waals surface area contributed by atoms with E-state index in [0.29, 0.717) is 0 Å². The van der Waals surface area contributed by atoms with Gasteiger partial charge in [-0.25, -0.2) is 0 Å². The molecule has 1 aromatic carbocycles. The fourth-order valence-electron chi connectivity index (χ4n) is 1.50. The lowest BCUT2D eigenvalue weighted by molar-refractivity contribution is -0.119. The molecule has 4 heteroatoms. The number of hydrogen-bond acceptors (Lipinski definition) is 3. The van der Waals surface area contributed by atoms with Gasteiger partial charge in [0.2, 0.25) is 5.91 Å². The molecule has 0 radical (unpaired) electrons. The molecule has 2 N–H and O–H groups in total. The van der Waals surface area contributed by atoms with Gasteiger partial charge >= 0.3 is 0 Å². The Morgan fingerprint density at radius 1 is 1.41 bits per heavy atom. The molecule has 0 saturated heterocycles. The minimum absolute atomic E-state index is 0.0817. The van der Waals surface area contributed by atoms with Gasteiger partial charge in [0.15, 0.2) is 0 Å². The number of carbonyl (C=O) groups excluding carboxylic acids is 1. The first-order valence-electron chi connectivity index (χ1n) is 5.84. The predicted octanol–water partition coefficient (Wildman–Crippen LogP) is 1.77. The third-order valence-electron chi connectivity index (χ3n) is 2.24. The molecule has 1 aromatic rings. The van der Waals surface area contributed by atoms with Crippen LogP contribution in [0.25, 0.3) is 0 Å². The summed E-state index contributed by atoms with van der Waals surface area (Å²) in [6.07, 6.45) is 1.12. The van der Waals surface area contributed by atoms with Gasteiger partial charge < -0.3 is 15.4 Å². The molecule has 0 saturated carbocycles. The van der Waals surface area contributed by atoms with Gasteiger partial charge in [0.1, 0.15) is 6.61 Å². The van der Waals surface area contributed by atoms with Crippen molar-refractivity contribution in [2.24, 2.45) is 0 Å². The van der Waals surface area contributed by atoms with Crippen LogP contribution in [-0.4, -0.2) is 26.2 Å². The summed E-state index contributed by atoms with van der Waals surface area (Å²) in [7, 11) is 1.50. The van der Waals surface area contributed by atoms with E-state index in [1.165, 1.54) is 7.11 Å². The molecule has 94 valence electrons. The zero-order chi connectivity index (χ0) is 12.5. The van der Waals surface area contributed by atoms with Gasteiger partial charge in [0, 0.05) is 19.3 Å². The number of amides is 1. The fraction of sp³-hybridized carbons (Fsp3) is 0.462. The van der Waals surface area contributed by atoms with E-state index in [4.69, 9.17) is 4.74 Å². The number of rotatable bonds is 7. The summed E-state index contributed by atoms with van der Waals surface area (Å²) in [6.45, 7) is 4.04. The van der Waals surface area contributed by atoms with Crippen molar-refractivity contribution in [1.82, 2.24) is 5.32 Å². The first-order chi connectivity index (χ1) is 8.26. The second kappa shape index (κ2) is 7.81. The molecule has 0 bridgehead atoms. The maximum atomic E-state index is 11.3. The van der Waals surface area contributed by atoms with Crippen molar-refractivity contribution in [3.63, 3.8) is 0 Å². The maximum absolute atomic E-state index is 11.3. The highest BCUT2D eigenvalue weighted by atomic mass is 16.5. The van der Waals surface area contributed by atoms with E-state index >= 15 is 0 Å². The highest BCUT2D eigenvalue weighted by molar-refractivity contribution is 5.91. The average Bonchev–Trinajstić information content (AvgIpc) is 2.30. The largest absolute Gasteiger partial charge is 0.375 e. The summed E-state index contributed by atoms with van der Waals surface area (Å²) in [6, 6.07) is 7.81. The Hall–Kier alpha value is -1.39. The minimum Gasteiger partial charge on any atom is -0.375 e. The van der Waals surface area contributed by atoms with Gasteiger partial charge in [0.05, 0.1) is 0 Å². The summed E-state index contributed by atoms with van der Waals surface area (Å²) in [5.74, 6) is -0.133. The Morgan fingerprint density at radius 3 is 2.94 bits per heavy atom. The zero-order valence-electron chi connectivity index (χ0n) is 10.5. The summed E-state index contributed by atoms with van der Waals surface area (Å²) < 4.78 is 4.76. The smallest absolute Gasteiger partial charge is 0.250 e. The van der Waals surface area contributed by atoms with Crippen molar-refractivity contribution in [2.45, 2.75) is 19.9 Å². The van der Waals surface area contributed by atoms with E-state index in [0.717, 1.165) is 30.8 Å². The molecular formula is C13H20N2O2. The molecule has 0 aromatic heterocycles. The van der Waals surface area contributed by atoms with Crippen LogP contribution < -0.4 is 10.6 Å². The molecule has 0 fully saturated rings. The number of nitrogens with one attached hydrogen (secondary N) is 2. The zero-order valence-corrected chi connectivity index (χ0v) is 10.5. The predicted molar refractivity (Wildman–Crippen MR) is 68.9 cm³/mol. The molecule has 0 spiro atoms. The van der Waals surface area contributed by atoms with Crippen LogP contribution in [0.3, 0.4) is 0 Å². The van der Waals surface area contributed by atoms with Crippen LogP contribution in [0.4, 0.5) is 5.69 Å². The van der Waals surface area contributed by atoms with Crippen molar-refractivity contribution in [3.05, 3.63) is 29.8 Å². The van der Waals surface area contributed by atoms with Gasteiger partial charge in [-0.15, -0.1) is 0 Å². The summed E-state index contributed by atoms with van der Waals surface area (Å²) in [4.78, 5) is 11.3. The fourth-order valence-corrected chi connectivity index (χ4v) is 1.50. The monoisotopic (exact) mass is 236 g/mol. The standard InChI is InChI=1S/C13H20N2O2/c1-3-7-14-9-11-5-4-6-12(8-11)15-13(16)10-17-2/h4-6,8,14H,3,7,9-10H2,1-2H3,(H,15,16). The molecule has 0 aliphatic heterocycles.